The summed E-state index contributed by atoms with van der Waals surface area (Å²) in [7, 11) is -3.78. The van der Waals surface area contributed by atoms with Gasteiger partial charge in [-0.05, 0) is 30.9 Å². The van der Waals surface area contributed by atoms with Crippen LogP contribution in [0.4, 0.5) is 5.82 Å². The van der Waals surface area contributed by atoms with Crippen LogP contribution in [0, 0.1) is 0 Å². The van der Waals surface area contributed by atoms with Gasteiger partial charge in [0.15, 0.2) is 5.65 Å². The molecule has 0 spiro atoms. The Kier molecular flexibility index (Phi) is 3.87. The summed E-state index contributed by atoms with van der Waals surface area (Å²) < 4.78 is 29.9. The Hall–Kier alpha value is -3.26. The van der Waals surface area contributed by atoms with E-state index in [1.807, 2.05) is 30.3 Å². The number of benzene rings is 1. The van der Waals surface area contributed by atoms with E-state index in [9.17, 15) is 8.42 Å². The molecule has 1 saturated carbocycles. The molecule has 1 N–H and O–H groups in total. The van der Waals surface area contributed by atoms with Crippen molar-refractivity contribution in [3.8, 4) is 11.3 Å². The number of sulfonamides is 1. The second kappa shape index (κ2) is 6.42. The smallest absolute Gasteiger partial charge is 0.263 e. The summed E-state index contributed by atoms with van der Waals surface area (Å²) in [5.41, 5.74) is 3.36. The lowest BCUT2D eigenvalue weighted by atomic mass is 10.1. The Bertz CT molecular complexity index is 1250. The van der Waals surface area contributed by atoms with Crippen LogP contribution < -0.4 is 4.72 Å². The molecule has 0 bridgehead atoms. The molecule has 1 aliphatic rings. The fourth-order valence-electron chi connectivity index (χ4n) is 3.21. The molecule has 0 unspecified atom stereocenters. The summed E-state index contributed by atoms with van der Waals surface area (Å²) in [4.78, 5) is 8.81. The van der Waals surface area contributed by atoms with Gasteiger partial charge in [0.2, 0.25) is 0 Å². The van der Waals surface area contributed by atoms with Gasteiger partial charge in [-0.25, -0.2) is 13.4 Å². The number of nitrogens with one attached hydrogen (secondary N) is 1. The molecule has 0 amide bonds. The van der Waals surface area contributed by atoms with Gasteiger partial charge in [-0.3, -0.25) is 9.71 Å². The second-order valence-electron chi connectivity index (χ2n) is 6.79. The molecule has 4 aromatic rings. The van der Waals surface area contributed by atoms with E-state index in [-0.39, 0.29) is 4.90 Å². The normalized spacial score (nSPS) is 14.3. The molecule has 140 valence electrons. The van der Waals surface area contributed by atoms with Crippen LogP contribution in [-0.4, -0.2) is 28.0 Å². The van der Waals surface area contributed by atoms with Gasteiger partial charge in [-0.2, -0.15) is 9.61 Å². The summed E-state index contributed by atoms with van der Waals surface area (Å²) >= 11 is 0. The average Bonchev–Trinajstić information content (AvgIpc) is 3.48. The van der Waals surface area contributed by atoms with Gasteiger partial charge in [0.05, 0.1) is 16.8 Å². The monoisotopic (exact) mass is 391 g/mol. The first-order chi connectivity index (χ1) is 13.6. The van der Waals surface area contributed by atoms with Crippen molar-refractivity contribution in [3.05, 3.63) is 72.7 Å². The highest BCUT2D eigenvalue weighted by Crippen LogP contribution is 2.42. The minimum absolute atomic E-state index is 0.142. The molecule has 3 aromatic heterocycles. The van der Waals surface area contributed by atoms with E-state index in [0.717, 1.165) is 24.0 Å². The van der Waals surface area contributed by atoms with Crippen molar-refractivity contribution < 1.29 is 8.42 Å². The summed E-state index contributed by atoms with van der Waals surface area (Å²) in [5.74, 6) is 0.799. The molecule has 28 heavy (non-hydrogen) atoms. The molecule has 0 saturated heterocycles. The van der Waals surface area contributed by atoms with Crippen LogP contribution in [-0.2, 0) is 10.0 Å². The van der Waals surface area contributed by atoms with Crippen LogP contribution in [0.15, 0.2) is 72.0 Å². The minimum atomic E-state index is -3.78. The quantitative estimate of drug-likeness (QED) is 0.563. The first-order valence-corrected chi connectivity index (χ1v) is 10.5. The molecule has 5 rings (SSSR count). The van der Waals surface area contributed by atoms with E-state index in [0.29, 0.717) is 23.1 Å². The van der Waals surface area contributed by atoms with Crippen molar-refractivity contribution in [2.24, 2.45) is 0 Å². The zero-order valence-electron chi connectivity index (χ0n) is 14.9. The highest BCUT2D eigenvalue weighted by atomic mass is 32.2. The Labute approximate surface area is 162 Å². The van der Waals surface area contributed by atoms with Gasteiger partial charge in [-0.15, -0.1) is 0 Å². The van der Waals surface area contributed by atoms with E-state index in [1.54, 1.807) is 16.8 Å². The molecule has 7 nitrogen and oxygen atoms in total. The minimum Gasteiger partial charge on any atom is -0.265 e. The predicted molar refractivity (Wildman–Crippen MR) is 105 cm³/mol. The Morgan fingerprint density at radius 1 is 1.04 bits per heavy atom. The van der Waals surface area contributed by atoms with E-state index >= 15 is 0 Å². The third kappa shape index (κ3) is 3.01. The zero-order chi connectivity index (χ0) is 19.1. The number of aromatic nitrogens is 4. The Morgan fingerprint density at radius 3 is 2.50 bits per heavy atom. The van der Waals surface area contributed by atoms with Crippen LogP contribution in [0.2, 0.25) is 0 Å². The van der Waals surface area contributed by atoms with Crippen molar-refractivity contribution in [1.29, 1.82) is 0 Å². The molecule has 8 heteroatoms. The SMILES string of the molecule is O=S(=O)(Nc1cc(-c2ccccc2)nc2c(C3CC3)cnn12)c1ccncc1. The van der Waals surface area contributed by atoms with E-state index < -0.39 is 10.0 Å². The number of fused-ring (bicyclic) bond motifs is 1. The lowest BCUT2D eigenvalue weighted by molar-refractivity contribution is 0.600. The van der Waals surface area contributed by atoms with Gasteiger partial charge in [-0.1, -0.05) is 30.3 Å². The fourth-order valence-corrected chi connectivity index (χ4v) is 4.22. The van der Waals surface area contributed by atoms with Crippen molar-refractivity contribution in [2.45, 2.75) is 23.7 Å². The number of nitrogens with zero attached hydrogens (tertiary/aromatic N) is 4. The molecule has 0 atom stereocenters. The van der Waals surface area contributed by atoms with Crippen molar-refractivity contribution in [2.75, 3.05) is 4.72 Å². The molecule has 1 aliphatic carbocycles. The maximum absolute atomic E-state index is 12.8. The summed E-state index contributed by atoms with van der Waals surface area (Å²) in [5, 5.41) is 4.41. The van der Waals surface area contributed by atoms with Gasteiger partial charge >= 0.3 is 0 Å². The summed E-state index contributed by atoms with van der Waals surface area (Å²) in [6.07, 6.45) is 6.91. The highest BCUT2D eigenvalue weighted by Gasteiger charge is 2.29. The summed E-state index contributed by atoms with van der Waals surface area (Å²) in [6, 6.07) is 14.3. The van der Waals surface area contributed by atoms with Crippen LogP contribution in [0.25, 0.3) is 16.9 Å². The number of hydrogen-bond acceptors (Lipinski definition) is 5. The predicted octanol–water partition coefficient (Wildman–Crippen LogP) is 3.47. The van der Waals surface area contributed by atoms with Gasteiger partial charge < -0.3 is 0 Å². The third-order valence-corrected chi connectivity index (χ3v) is 6.16. The van der Waals surface area contributed by atoms with Crippen LogP contribution >= 0.6 is 0 Å². The van der Waals surface area contributed by atoms with Gasteiger partial charge in [0.1, 0.15) is 5.82 Å². The first-order valence-electron chi connectivity index (χ1n) is 8.99. The maximum atomic E-state index is 12.8. The molecule has 0 radical (unpaired) electrons. The zero-order valence-corrected chi connectivity index (χ0v) is 15.7. The average molecular weight is 391 g/mol. The molecule has 0 aliphatic heterocycles. The van der Waals surface area contributed by atoms with Crippen molar-refractivity contribution >= 4 is 21.5 Å². The number of rotatable bonds is 5. The number of anilines is 1. The molecule has 3 heterocycles. The van der Waals surface area contributed by atoms with E-state index in [1.165, 1.54) is 24.5 Å². The Morgan fingerprint density at radius 2 is 1.79 bits per heavy atom. The number of pyridine rings is 1. The Balaban J connectivity index is 1.67. The van der Waals surface area contributed by atoms with E-state index in [4.69, 9.17) is 4.98 Å². The largest absolute Gasteiger partial charge is 0.265 e. The van der Waals surface area contributed by atoms with Crippen LogP contribution in [0.3, 0.4) is 0 Å². The molecule has 1 aromatic carbocycles. The van der Waals surface area contributed by atoms with Gasteiger partial charge in [0.25, 0.3) is 10.0 Å². The van der Waals surface area contributed by atoms with Gasteiger partial charge in [0, 0.05) is 29.6 Å². The molecular weight excluding hydrogens is 374 g/mol. The van der Waals surface area contributed by atoms with Crippen LogP contribution in [0.5, 0.6) is 0 Å². The summed E-state index contributed by atoms with van der Waals surface area (Å²) in [6.45, 7) is 0. The molecule has 1 fully saturated rings. The second-order valence-corrected chi connectivity index (χ2v) is 8.47. The highest BCUT2D eigenvalue weighted by molar-refractivity contribution is 7.92. The van der Waals surface area contributed by atoms with Crippen molar-refractivity contribution in [1.82, 2.24) is 19.6 Å². The standard InChI is InChI=1S/C20H17N5O2S/c26-28(27,16-8-10-21-11-9-16)24-19-12-18(15-4-2-1-3-5-15)23-20-17(14-6-7-14)13-22-25(19)20/h1-5,8-14,24H,6-7H2. The third-order valence-electron chi connectivity index (χ3n) is 4.78. The lowest BCUT2D eigenvalue weighted by Crippen LogP contribution is -2.16. The fraction of sp³-hybridized carbons (Fsp3) is 0.150. The lowest BCUT2D eigenvalue weighted by Gasteiger charge is -2.12. The van der Waals surface area contributed by atoms with Crippen molar-refractivity contribution in [3.63, 3.8) is 0 Å². The number of hydrogen-bond donors (Lipinski definition) is 1. The van der Waals surface area contributed by atoms with Crippen LogP contribution in [0.1, 0.15) is 24.3 Å². The molecular formula is C20H17N5O2S. The topological polar surface area (TPSA) is 89.2 Å². The van der Waals surface area contributed by atoms with E-state index in [2.05, 4.69) is 14.8 Å². The first kappa shape index (κ1) is 16.9. The maximum Gasteiger partial charge on any atom is 0.263 e.